The van der Waals surface area contributed by atoms with Gasteiger partial charge in [0.15, 0.2) is 0 Å². The fourth-order valence-corrected chi connectivity index (χ4v) is 2.65. The lowest BCUT2D eigenvalue weighted by atomic mass is 10.1. The minimum Gasteiger partial charge on any atom is -0.376 e. The van der Waals surface area contributed by atoms with Crippen molar-refractivity contribution in [2.75, 3.05) is 19.7 Å². The molecule has 0 aromatic carbocycles. The van der Waals surface area contributed by atoms with Gasteiger partial charge in [-0.1, -0.05) is 11.8 Å². The number of aryl methyl sites for hydroxylation is 1. The van der Waals surface area contributed by atoms with Gasteiger partial charge in [0, 0.05) is 18.4 Å². The number of carbonyl (C=O) groups is 1. The number of nitrogens with two attached hydrogens (primary N) is 1. The number of aliphatic imine (C=N–C) groups is 1. The number of amides is 1. The highest BCUT2D eigenvalue weighted by molar-refractivity contribution is 6.37. The van der Waals surface area contributed by atoms with Crippen molar-refractivity contribution >= 4 is 17.8 Å². The zero-order valence-electron chi connectivity index (χ0n) is 15.9. The van der Waals surface area contributed by atoms with E-state index in [0.29, 0.717) is 23.5 Å². The van der Waals surface area contributed by atoms with Crippen LogP contribution in [0, 0.1) is 18.8 Å². The molecule has 2 heterocycles. The molecule has 1 aliphatic heterocycles. The predicted molar refractivity (Wildman–Crippen MR) is 103 cm³/mol. The highest BCUT2D eigenvalue weighted by atomic mass is 19.4. The van der Waals surface area contributed by atoms with Crippen LogP contribution in [0.2, 0.25) is 0 Å². The molecule has 1 amide bonds. The quantitative estimate of drug-likeness (QED) is 0.335. The summed E-state index contributed by atoms with van der Waals surface area (Å²) in [7, 11) is 0. The molecule has 1 unspecified atom stereocenters. The second-order valence-corrected chi connectivity index (χ2v) is 6.37. The largest absolute Gasteiger partial charge is 0.471 e. The fourth-order valence-electron chi connectivity index (χ4n) is 2.65. The SMILES string of the molecule is Cc1cc(C#CCNC(=O)C(F)(F)F)cnc1/C(C=NCC1CCCCO1)=N/N. The number of alkyl halides is 3. The van der Waals surface area contributed by atoms with E-state index in [2.05, 4.69) is 26.9 Å². The third-order valence-corrected chi connectivity index (χ3v) is 4.08. The van der Waals surface area contributed by atoms with E-state index in [1.807, 2.05) is 0 Å². The molecule has 1 saturated heterocycles. The number of carbonyl (C=O) groups excluding carboxylic acids is 1. The Bertz CT molecular complexity index is 834. The maximum atomic E-state index is 12.1. The molecule has 0 bridgehead atoms. The molecule has 10 heteroatoms. The van der Waals surface area contributed by atoms with Gasteiger partial charge in [0.05, 0.1) is 31.1 Å². The standard InChI is InChI=1S/C19H22F3N5O2/c1-13-9-14(5-4-7-25-18(28)19(20,21)22)10-26-17(13)16(27-23)12-24-11-15-6-2-3-8-29-15/h9-10,12,15H,2-3,6-8,11,23H2,1H3,(H,25,28)/b24-12?,27-16+. The summed E-state index contributed by atoms with van der Waals surface area (Å²) in [6.07, 6.45) is 1.34. The van der Waals surface area contributed by atoms with Crippen molar-refractivity contribution in [1.82, 2.24) is 10.3 Å². The number of hydrazone groups is 1. The number of hydrogen-bond donors (Lipinski definition) is 2. The van der Waals surface area contributed by atoms with Crippen LogP contribution in [-0.2, 0) is 9.53 Å². The van der Waals surface area contributed by atoms with Gasteiger partial charge in [0.1, 0.15) is 5.71 Å². The van der Waals surface area contributed by atoms with Crippen molar-refractivity contribution < 1.29 is 22.7 Å². The first-order valence-electron chi connectivity index (χ1n) is 9.01. The number of halogens is 3. The minimum absolute atomic E-state index is 0.101. The van der Waals surface area contributed by atoms with E-state index < -0.39 is 18.6 Å². The summed E-state index contributed by atoms with van der Waals surface area (Å²) >= 11 is 0. The van der Waals surface area contributed by atoms with Gasteiger partial charge >= 0.3 is 12.1 Å². The van der Waals surface area contributed by atoms with E-state index in [9.17, 15) is 18.0 Å². The number of nitrogens with zero attached hydrogens (tertiary/aromatic N) is 3. The Morgan fingerprint density at radius 3 is 2.90 bits per heavy atom. The van der Waals surface area contributed by atoms with Crippen molar-refractivity contribution in [2.45, 2.75) is 38.5 Å². The topological polar surface area (TPSA) is 102 Å². The Morgan fingerprint density at radius 1 is 1.48 bits per heavy atom. The number of rotatable bonds is 5. The van der Waals surface area contributed by atoms with E-state index in [4.69, 9.17) is 10.6 Å². The van der Waals surface area contributed by atoms with Crippen LogP contribution in [0.15, 0.2) is 22.4 Å². The summed E-state index contributed by atoms with van der Waals surface area (Å²) < 4.78 is 41.9. The average Bonchev–Trinajstić information content (AvgIpc) is 2.69. The molecule has 29 heavy (non-hydrogen) atoms. The van der Waals surface area contributed by atoms with Crippen molar-refractivity contribution in [2.24, 2.45) is 15.9 Å². The van der Waals surface area contributed by atoms with Gasteiger partial charge in [-0.2, -0.15) is 18.3 Å². The van der Waals surface area contributed by atoms with Gasteiger partial charge in [-0.25, -0.2) is 0 Å². The molecule has 0 aliphatic carbocycles. The Kier molecular flexibility index (Phi) is 8.15. The summed E-state index contributed by atoms with van der Waals surface area (Å²) in [5.74, 6) is 8.52. The van der Waals surface area contributed by atoms with Gasteiger partial charge in [-0.05, 0) is 37.8 Å². The maximum Gasteiger partial charge on any atom is 0.471 e. The van der Waals surface area contributed by atoms with Crippen LogP contribution in [0.4, 0.5) is 13.2 Å². The molecular weight excluding hydrogens is 387 g/mol. The Balaban J connectivity index is 1.97. The Morgan fingerprint density at radius 2 is 2.28 bits per heavy atom. The van der Waals surface area contributed by atoms with Crippen molar-refractivity contribution in [3.05, 3.63) is 29.1 Å². The molecule has 1 aliphatic rings. The minimum atomic E-state index is -4.93. The smallest absolute Gasteiger partial charge is 0.376 e. The molecule has 1 aromatic rings. The molecule has 3 N–H and O–H groups in total. The highest BCUT2D eigenvalue weighted by Gasteiger charge is 2.38. The molecule has 2 rings (SSSR count). The third-order valence-electron chi connectivity index (χ3n) is 4.08. The lowest BCUT2D eigenvalue weighted by Crippen LogP contribution is -2.36. The van der Waals surface area contributed by atoms with E-state index in [0.717, 1.165) is 31.4 Å². The third kappa shape index (κ3) is 7.19. The van der Waals surface area contributed by atoms with Crippen molar-refractivity contribution in [1.29, 1.82) is 0 Å². The molecule has 7 nitrogen and oxygen atoms in total. The number of nitrogens with one attached hydrogen (secondary N) is 1. The summed E-state index contributed by atoms with van der Waals surface area (Å²) in [6, 6.07) is 1.70. The number of aromatic nitrogens is 1. The summed E-state index contributed by atoms with van der Waals surface area (Å²) in [5.41, 5.74) is 2.13. The van der Waals surface area contributed by atoms with Crippen LogP contribution >= 0.6 is 0 Å². The van der Waals surface area contributed by atoms with Gasteiger partial charge in [0.2, 0.25) is 0 Å². The van der Waals surface area contributed by atoms with E-state index in [1.165, 1.54) is 6.20 Å². The first-order chi connectivity index (χ1) is 13.8. The van der Waals surface area contributed by atoms with E-state index in [1.54, 1.807) is 24.5 Å². The first kappa shape index (κ1) is 22.4. The maximum absolute atomic E-state index is 12.1. The lowest BCUT2D eigenvalue weighted by molar-refractivity contribution is -0.173. The zero-order chi connectivity index (χ0) is 21.3. The molecular formula is C19H22F3N5O2. The van der Waals surface area contributed by atoms with Crippen LogP contribution in [0.5, 0.6) is 0 Å². The molecule has 0 saturated carbocycles. The lowest BCUT2D eigenvalue weighted by Gasteiger charge is -2.20. The molecule has 1 fully saturated rings. The van der Waals surface area contributed by atoms with Crippen LogP contribution in [0.25, 0.3) is 0 Å². The monoisotopic (exact) mass is 409 g/mol. The summed E-state index contributed by atoms with van der Waals surface area (Å²) in [5, 5.41) is 5.40. The molecule has 0 spiro atoms. The number of hydrogen-bond acceptors (Lipinski definition) is 6. The fraction of sp³-hybridized carbons (Fsp3) is 0.474. The average molecular weight is 409 g/mol. The van der Waals surface area contributed by atoms with Crippen LogP contribution in [0.3, 0.4) is 0 Å². The van der Waals surface area contributed by atoms with Gasteiger partial charge in [-0.15, -0.1) is 0 Å². The highest BCUT2D eigenvalue weighted by Crippen LogP contribution is 2.14. The first-order valence-corrected chi connectivity index (χ1v) is 9.01. The van der Waals surface area contributed by atoms with Crippen LogP contribution in [-0.4, -0.2) is 54.8 Å². The predicted octanol–water partition coefficient (Wildman–Crippen LogP) is 1.72. The summed E-state index contributed by atoms with van der Waals surface area (Å²) in [4.78, 5) is 19.3. The second-order valence-electron chi connectivity index (χ2n) is 6.37. The number of pyridine rings is 1. The van der Waals surface area contributed by atoms with Crippen molar-refractivity contribution in [3.63, 3.8) is 0 Å². The summed E-state index contributed by atoms with van der Waals surface area (Å²) in [6.45, 7) is 2.62. The van der Waals surface area contributed by atoms with Crippen LogP contribution in [0.1, 0.15) is 36.1 Å². The Hall–Kier alpha value is -2.93. The van der Waals surface area contributed by atoms with Crippen molar-refractivity contribution in [3.8, 4) is 11.8 Å². The molecule has 1 atom stereocenters. The van der Waals surface area contributed by atoms with Gasteiger partial charge in [-0.3, -0.25) is 14.8 Å². The van der Waals surface area contributed by atoms with E-state index >= 15 is 0 Å². The van der Waals surface area contributed by atoms with E-state index in [-0.39, 0.29) is 6.10 Å². The second kappa shape index (κ2) is 10.6. The van der Waals surface area contributed by atoms with Gasteiger partial charge < -0.3 is 15.9 Å². The van der Waals surface area contributed by atoms with Gasteiger partial charge in [0.25, 0.3) is 0 Å². The normalized spacial score (nSPS) is 17.7. The molecule has 0 radical (unpaired) electrons. The van der Waals surface area contributed by atoms with Crippen LogP contribution < -0.4 is 11.2 Å². The Labute approximate surface area is 166 Å². The number of ether oxygens (including phenoxy) is 1. The molecule has 1 aromatic heterocycles. The molecule has 156 valence electrons. The zero-order valence-corrected chi connectivity index (χ0v) is 15.9.